The van der Waals surface area contributed by atoms with Gasteiger partial charge in [-0.2, -0.15) is 0 Å². The molecule has 0 aliphatic heterocycles. The predicted octanol–water partition coefficient (Wildman–Crippen LogP) is 4.79. The summed E-state index contributed by atoms with van der Waals surface area (Å²) in [5, 5.41) is 0. The van der Waals surface area contributed by atoms with Crippen molar-refractivity contribution in [2.75, 3.05) is 0 Å². The molecule has 1 rings (SSSR count). The first-order valence-electron chi connectivity index (χ1n) is 6.48. The van der Waals surface area contributed by atoms with Gasteiger partial charge in [0.1, 0.15) is 0 Å². The van der Waals surface area contributed by atoms with E-state index in [1.165, 1.54) is 5.56 Å². The summed E-state index contributed by atoms with van der Waals surface area (Å²) in [7, 11) is 0. The quantitative estimate of drug-likeness (QED) is 0.684. The summed E-state index contributed by atoms with van der Waals surface area (Å²) < 4.78 is 0. The van der Waals surface area contributed by atoms with E-state index >= 15 is 0 Å². The standard InChI is InChI=1S/C18H23N.ClH/c1-5-9-16-14-15(8-4)10-11-17(16)18(19,12-6-2)13-7-3;/h5-8,10-11,14H,1-4,9,12-13,19H2;1H. The zero-order chi connectivity index (χ0) is 14.3. The first-order valence-corrected chi connectivity index (χ1v) is 6.48. The smallest absolute Gasteiger partial charge is 0.0481 e. The van der Waals surface area contributed by atoms with E-state index in [4.69, 9.17) is 5.73 Å². The lowest BCUT2D eigenvalue weighted by atomic mass is 9.80. The first-order chi connectivity index (χ1) is 9.11. The number of nitrogens with two attached hydrogens (primary N) is 1. The van der Waals surface area contributed by atoms with Crippen LogP contribution in [-0.4, -0.2) is 0 Å². The van der Waals surface area contributed by atoms with E-state index in [2.05, 4.69) is 38.4 Å². The van der Waals surface area contributed by atoms with Crippen molar-refractivity contribution < 1.29 is 0 Å². The SMILES string of the molecule is C=CCc1cc(C=C)ccc1C(N)(CC=C)CC=C.Cl. The molecule has 0 atom stereocenters. The van der Waals surface area contributed by atoms with E-state index in [1.54, 1.807) is 0 Å². The van der Waals surface area contributed by atoms with Crippen LogP contribution < -0.4 is 5.73 Å². The highest BCUT2D eigenvalue weighted by Gasteiger charge is 2.26. The normalized spacial score (nSPS) is 10.2. The van der Waals surface area contributed by atoms with Crippen LogP contribution in [0.1, 0.15) is 29.5 Å². The second-order valence-electron chi connectivity index (χ2n) is 4.76. The van der Waals surface area contributed by atoms with Gasteiger partial charge >= 0.3 is 0 Å². The molecule has 0 spiro atoms. The molecule has 0 unspecified atom stereocenters. The van der Waals surface area contributed by atoms with Gasteiger partial charge in [-0.05, 0) is 36.0 Å². The second-order valence-corrected chi connectivity index (χ2v) is 4.76. The highest BCUT2D eigenvalue weighted by atomic mass is 35.5. The summed E-state index contributed by atoms with van der Waals surface area (Å²) in [5.74, 6) is 0. The molecule has 0 aliphatic rings. The summed E-state index contributed by atoms with van der Waals surface area (Å²) in [4.78, 5) is 0. The summed E-state index contributed by atoms with van der Waals surface area (Å²) in [5.41, 5.74) is 9.54. The zero-order valence-electron chi connectivity index (χ0n) is 12.0. The molecule has 1 aromatic carbocycles. The minimum Gasteiger partial charge on any atom is -0.321 e. The maximum Gasteiger partial charge on any atom is 0.0481 e. The molecule has 20 heavy (non-hydrogen) atoms. The van der Waals surface area contributed by atoms with Crippen molar-refractivity contribution in [2.24, 2.45) is 5.73 Å². The van der Waals surface area contributed by atoms with Crippen LogP contribution in [-0.2, 0) is 12.0 Å². The Morgan fingerprint density at radius 1 is 1.00 bits per heavy atom. The number of rotatable bonds is 8. The number of allylic oxidation sites excluding steroid dienone is 1. The minimum absolute atomic E-state index is 0. The molecule has 0 radical (unpaired) electrons. The fourth-order valence-corrected chi connectivity index (χ4v) is 2.37. The maximum atomic E-state index is 6.56. The van der Waals surface area contributed by atoms with Crippen LogP contribution in [0.5, 0.6) is 0 Å². The third-order valence-corrected chi connectivity index (χ3v) is 3.28. The first kappa shape index (κ1) is 18.4. The number of halogens is 1. The molecule has 1 nitrogen and oxygen atoms in total. The van der Waals surface area contributed by atoms with Crippen LogP contribution in [0.2, 0.25) is 0 Å². The van der Waals surface area contributed by atoms with Crippen molar-refractivity contribution in [3.63, 3.8) is 0 Å². The predicted molar refractivity (Wildman–Crippen MR) is 93.2 cm³/mol. The topological polar surface area (TPSA) is 26.0 Å². The van der Waals surface area contributed by atoms with Gasteiger partial charge in [0.25, 0.3) is 0 Å². The third-order valence-electron chi connectivity index (χ3n) is 3.28. The van der Waals surface area contributed by atoms with Gasteiger partial charge in [0, 0.05) is 5.54 Å². The third kappa shape index (κ3) is 4.22. The molecule has 0 aliphatic carbocycles. The Morgan fingerprint density at radius 3 is 2.05 bits per heavy atom. The fourth-order valence-electron chi connectivity index (χ4n) is 2.37. The van der Waals surface area contributed by atoms with Crippen LogP contribution in [0, 0.1) is 0 Å². The van der Waals surface area contributed by atoms with Gasteiger partial charge < -0.3 is 5.73 Å². The zero-order valence-corrected chi connectivity index (χ0v) is 12.8. The summed E-state index contributed by atoms with van der Waals surface area (Å²) in [6, 6.07) is 6.25. The Morgan fingerprint density at radius 2 is 1.60 bits per heavy atom. The molecule has 0 fully saturated rings. The van der Waals surface area contributed by atoms with Crippen LogP contribution >= 0.6 is 12.4 Å². The lowest BCUT2D eigenvalue weighted by molar-refractivity contribution is 0.453. The monoisotopic (exact) mass is 289 g/mol. The number of benzene rings is 1. The second kappa shape index (κ2) is 8.57. The van der Waals surface area contributed by atoms with Crippen LogP contribution in [0.25, 0.3) is 6.08 Å². The van der Waals surface area contributed by atoms with Crippen LogP contribution in [0.15, 0.2) is 62.7 Å². The highest BCUT2D eigenvalue weighted by Crippen LogP contribution is 2.31. The average Bonchev–Trinajstić information content (AvgIpc) is 2.39. The van der Waals surface area contributed by atoms with Crippen molar-refractivity contribution in [2.45, 2.75) is 24.8 Å². The van der Waals surface area contributed by atoms with Gasteiger partial charge in [-0.15, -0.1) is 32.1 Å². The van der Waals surface area contributed by atoms with E-state index in [9.17, 15) is 0 Å². The van der Waals surface area contributed by atoms with Gasteiger partial charge in [-0.1, -0.05) is 49.1 Å². The Bertz CT molecular complexity index is 478. The molecule has 0 saturated heterocycles. The van der Waals surface area contributed by atoms with Gasteiger partial charge in [-0.25, -0.2) is 0 Å². The van der Waals surface area contributed by atoms with E-state index < -0.39 is 5.54 Å². The van der Waals surface area contributed by atoms with Gasteiger partial charge in [0.05, 0.1) is 0 Å². The molecule has 0 heterocycles. The van der Waals surface area contributed by atoms with Crippen molar-refractivity contribution in [1.82, 2.24) is 0 Å². The summed E-state index contributed by atoms with van der Waals surface area (Å²) in [6.07, 6.45) is 9.70. The van der Waals surface area contributed by atoms with Crippen molar-refractivity contribution in [1.29, 1.82) is 0 Å². The molecule has 0 bridgehead atoms. The molecule has 1 aromatic rings. The van der Waals surface area contributed by atoms with E-state index in [0.29, 0.717) is 0 Å². The Kier molecular flexibility index (Phi) is 7.90. The molecule has 2 N–H and O–H groups in total. The van der Waals surface area contributed by atoms with Crippen molar-refractivity contribution >= 4 is 18.5 Å². The summed E-state index contributed by atoms with van der Waals surface area (Å²) in [6.45, 7) is 15.3. The fraction of sp³-hybridized carbons (Fsp3) is 0.222. The maximum absolute atomic E-state index is 6.56. The molecule has 0 amide bonds. The molecule has 0 aromatic heterocycles. The number of hydrogen-bond donors (Lipinski definition) is 1. The molecule has 2 heteroatoms. The Hall–Kier alpha value is -1.57. The molecule has 0 saturated carbocycles. The minimum atomic E-state index is -0.443. The molecule has 108 valence electrons. The number of hydrogen-bond acceptors (Lipinski definition) is 1. The van der Waals surface area contributed by atoms with Crippen molar-refractivity contribution in [3.8, 4) is 0 Å². The lowest BCUT2D eigenvalue weighted by Gasteiger charge is -2.30. The molecular formula is C18H24ClN. The summed E-state index contributed by atoms with van der Waals surface area (Å²) >= 11 is 0. The van der Waals surface area contributed by atoms with E-state index in [1.807, 2.05) is 30.4 Å². The Balaban J connectivity index is 0.00000361. The lowest BCUT2D eigenvalue weighted by Crippen LogP contribution is -2.36. The largest absolute Gasteiger partial charge is 0.321 e. The van der Waals surface area contributed by atoms with E-state index in [-0.39, 0.29) is 12.4 Å². The average molecular weight is 290 g/mol. The van der Waals surface area contributed by atoms with Crippen LogP contribution in [0.4, 0.5) is 0 Å². The Labute approximate surface area is 129 Å². The molecular weight excluding hydrogens is 266 g/mol. The highest BCUT2D eigenvalue weighted by molar-refractivity contribution is 5.85. The van der Waals surface area contributed by atoms with Crippen LogP contribution in [0.3, 0.4) is 0 Å². The van der Waals surface area contributed by atoms with Gasteiger partial charge in [0.2, 0.25) is 0 Å². The van der Waals surface area contributed by atoms with Gasteiger partial charge in [0.15, 0.2) is 0 Å². The van der Waals surface area contributed by atoms with Gasteiger partial charge in [-0.3, -0.25) is 0 Å². The van der Waals surface area contributed by atoms with Crippen molar-refractivity contribution in [3.05, 3.63) is 79.4 Å². The van der Waals surface area contributed by atoms with E-state index in [0.717, 1.165) is 30.4 Å².